The normalized spacial score (nSPS) is 11.2. The highest BCUT2D eigenvalue weighted by molar-refractivity contribution is 14.1. The molecule has 6 nitrogen and oxygen atoms in total. The van der Waals surface area contributed by atoms with Gasteiger partial charge in [-0.25, -0.2) is 0 Å². The molecule has 7 heteroatoms. The summed E-state index contributed by atoms with van der Waals surface area (Å²) in [5.41, 5.74) is 0.692. The zero-order valence-corrected chi connectivity index (χ0v) is 15.0. The van der Waals surface area contributed by atoms with Gasteiger partial charge in [-0.15, -0.1) is 10.2 Å². The third-order valence-electron chi connectivity index (χ3n) is 3.87. The lowest BCUT2D eigenvalue weighted by Crippen LogP contribution is -2.20. The minimum Gasteiger partial charge on any atom is -0.486 e. The summed E-state index contributed by atoms with van der Waals surface area (Å²) < 4.78 is 10.3. The van der Waals surface area contributed by atoms with Crippen molar-refractivity contribution in [3.05, 3.63) is 68.3 Å². The summed E-state index contributed by atoms with van der Waals surface area (Å²) in [6.07, 6.45) is 0. The van der Waals surface area contributed by atoms with Crippen LogP contribution in [0.1, 0.15) is 5.82 Å². The lowest BCUT2D eigenvalue weighted by atomic mass is 10.2. The van der Waals surface area contributed by atoms with Crippen molar-refractivity contribution in [1.82, 2.24) is 19.2 Å². The molecule has 0 N–H and O–H groups in total. The van der Waals surface area contributed by atoms with Gasteiger partial charge in [0.05, 0.1) is 10.9 Å². The molecule has 0 unspecified atom stereocenters. The maximum Gasteiger partial charge on any atom is 0.262 e. The molecular weight excluding hydrogens is 419 g/mol. The van der Waals surface area contributed by atoms with Crippen molar-refractivity contribution >= 4 is 39.3 Å². The maximum atomic E-state index is 12.4. The van der Waals surface area contributed by atoms with Crippen LogP contribution in [0.4, 0.5) is 0 Å². The molecule has 2 aromatic heterocycles. The zero-order chi connectivity index (χ0) is 16.7. The van der Waals surface area contributed by atoms with E-state index in [4.69, 9.17) is 4.74 Å². The van der Waals surface area contributed by atoms with Crippen LogP contribution in [0.5, 0.6) is 5.75 Å². The Bertz CT molecular complexity index is 1100. The number of hydrogen-bond acceptors (Lipinski definition) is 4. The lowest BCUT2D eigenvalue weighted by molar-refractivity contribution is 0.295. The van der Waals surface area contributed by atoms with Crippen LogP contribution >= 0.6 is 22.6 Å². The third-order valence-corrected chi connectivity index (χ3v) is 4.59. The molecule has 0 aliphatic heterocycles. The van der Waals surface area contributed by atoms with E-state index in [9.17, 15) is 4.79 Å². The molecule has 120 valence electrons. The lowest BCUT2D eigenvalue weighted by Gasteiger charge is -2.09. The summed E-state index contributed by atoms with van der Waals surface area (Å²) >= 11 is 2.25. The molecule has 0 bridgehead atoms. The molecule has 0 aliphatic carbocycles. The van der Waals surface area contributed by atoms with Crippen molar-refractivity contribution in [3.8, 4) is 5.75 Å². The van der Waals surface area contributed by atoms with E-state index in [0.717, 1.165) is 14.8 Å². The molecule has 4 rings (SSSR count). The van der Waals surface area contributed by atoms with Crippen LogP contribution < -0.4 is 10.3 Å². The first kappa shape index (κ1) is 15.1. The van der Waals surface area contributed by atoms with Crippen LogP contribution in [0.2, 0.25) is 0 Å². The van der Waals surface area contributed by atoms with Gasteiger partial charge in [0, 0.05) is 10.6 Å². The summed E-state index contributed by atoms with van der Waals surface area (Å²) in [6, 6.07) is 15.2. The Morgan fingerprint density at radius 2 is 1.83 bits per heavy atom. The molecule has 2 heterocycles. The highest BCUT2D eigenvalue weighted by Gasteiger charge is 2.14. The number of ether oxygens (including phenoxy) is 1. The Morgan fingerprint density at radius 1 is 1.08 bits per heavy atom. The second kappa shape index (κ2) is 5.90. The number of aryl methyl sites for hydroxylation is 1. The van der Waals surface area contributed by atoms with Crippen LogP contribution in [-0.2, 0) is 13.7 Å². The number of rotatable bonds is 3. The van der Waals surface area contributed by atoms with Gasteiger partial charge >= 0.3 is 0 Å². The fraction of sp³-hybridized carbons (Fsp3) is 0.118. The number of nitrogens with zero attached hydrogens (tertiary/aromatic N) is 4. The molecule has 2 aromatic carbocycles. The molecule has 4 aromatic rings. The number of hydrogen-bond donors (Lipinski definition) is 0. The SMILES string of the molecule is Cn1c(=O)c2ccccc2n2c(COc3ccc(I)cc3)nnc12. The molecule has 0 aliphatic rings. The van der Waals surface area contributed by atoms with Gasteiger partial charge in [0.25, 0.3) is 5.56 Å². The van der Waals surface area contributed by atoms with E-state index in [-0.39, 0.29) is 12.2 Å². The largest absolute Gasteiger partial charge is 0.486 e. The molecular formula is C17H13IN4O2. The molecule has 0 saturated carbocycles. The molecule has 0 amide bonds. The molecule has 0 atom stereocenters. The highest BCUT2D eigenvalue weighted by atomic mass is 127. The minimum atomic E-state index is -0.0874. The van der Waals surface area contributed by atoms with Gasteiger partial charge < -0.3 is 4.74 Å². The molecule has 0 fully saturated rings. The van der Waals surface area contributed by atoms with Crippen LogP contribution in [-0.4, -0.2) is 19.2 Å². The first-order chi connectivity index (χ1) is 11.6. The highest BCUT2D eigenvalue weighted by Crippen LogP contribution is 2.17. The van der Waals surface area contributed by atoms with E-state index in [1.54, 1.807) is 13.1 Å². The standard InChI is InChI=1S/C17H13IN4O2/c1-21-16(23)13-4-2-3-5-14(13)22-15(19-20-17(21)22)10-24-12-8-6-11(18)7-9-12/h2-9H,10H2,1H3. The van der Waals surface area contributed by atoms with E-state index in [0.29, 0.717) is 17.0 Å². The third kappa shape index (κ3) is 2.44. The van der Waals surface area contributed by atoms with Gasteiger partial charge in [0.1, 0.15) is 12.4 Å². The van der Waals surface area contributed by atoms with Gasteiger partial charge in [-0.2, -0.15) is 0 Å². The van der Waals surface area contributed by atoms with E-state index < -0.39 is 0 Å². The summed E-state index contributed by atoms with van der Waals surface area (Å²) in [5, 5.41) is 8.98. The predicted octanol–water partition coefficient (Wildman–Crippen LogP) is 2.76. The van der Waals surface area contributed by atoms with E-state index in [1.165, 1.54) is 4.57 Å². The molecule has 0 saturated heterocycles. The predicted molar refractivity (Wildman–Crippen MR) is 99.2 cm³/mol. The van der Waals surface area contributed by atoms with Crippen molar-refractivity contribution in [2.24, 2.45) is 7.05 Å². The fourth-order valence-corrected chi connectivity index (χ4v) is 3.02. The van der Waals surface area contributed by atoms with Crippen LogP contribution in [0.3, 0.4) is 0 Å². The first-order valence-electron chi connectivity index (χ1n) is 7.35. The second-order valence-corrected chi connectivity index (χ2v) is 6.62. The minimum absolute atomic E-state index is 0.0874. The van der Waals surface area contributed by atoms with Crippen LogP contribution in [0, 0.1) is 3.57 Å². The van der Waals surface area contributed by atoms with E-state index >= 15 is 0 Å². The van der Waals surface area contributed by atoms with Gasteiger partial charge in [-0.05, 0) is 59.0 Å². The monoisotopic (exact) mass is 432 g/mol. The van der Waals surface area contributed by atoms with Crippen molar-refractivity contribution in [3.63, 3.8) is 0 Å². The number of benzene rings is 2. The van der Waals surface area contributed by atoms with Crippen molar-refractivity contribution in [2.45, 2.75) is 6.61 Å². The van der Waals surface area contributed by atoms with E-state index in [2.05, 4.69) is 32.8 Å². The number of fused-ring (bicyclic) bond motifs is 3. The summed E-state index contributed by atoms with van der Waals surface area (Å²) in [4.78, 5) is 12.4. The number of halogens is 1. The Morgan fingerprint density at radius 3 is 2.62 bits per heavy atom. The smallest absolute Gasteiger partial charge is 0.262 e. The Hall–Kier alpha value is -2.42. The first-order valence-corrected chi connectivity index (χ1v) is 8.43. The summed E-state index contributed by atoms with van der Waals surface area (Å²) in [5.74, 6) is 1.91. The quantitative estimate of drug-likeness (QED) is 0.468. The van der Waals surface area contributed by atoms with Crippen molar-refractivity contribution < 1.29 is 4.74 Å². The number of para-hydroxylation sites is 1. The summed E-state index contributed by atoms with van der Waals surface area (Å²) in [7, 11) is 1.70. The van der Waals surface area contributed by atoms with E-state index in [1.807, 2.05) is 46.9 Å². The fourth-order valence-electron chi connectivity index (χ4n) is 2.66. The van der Waals surface area contributed by atoms with Crippen LogP contribution in [0.15, 0.2) is 53.3 Å². The van der Waals surface area contributed by atoms with Crippen molar-refractivity contribution in [1.29, 1.82) is 0 Å². The topological polar surface area (TPSA) is 61.4 Å². The Balaban J connectivity index is 1.82. The average molecular weight is 432 g/mol. The van der Waals surface area contributed by atoms with Crippen molar-refractivity contribution in [2.75, 3.05) is 0 Å². The van der Waals surface area contributed by atoms with Gasteiger partial charge in [-0.1, -0.05) is 12.1 Å². The van der Waals surface area contributed by atoms with Gasteiger partial charge in [0.15, 0.2) is 5.82 Å². The second-order valence-electron chi connectivity index (χ2n) is 5.38. The Kier molecular flexibility index (Phi) is 3.72. The molecule has 0 spiro atoms. The maximum absolute atomic E-state index is 12.4. The van der Waals surface area contributed by atoms with Gasteiger partial charge in [0.2, 0.25) is 5.78 Å². The average Bonchev–Trinajstić information content (AvgIpc) is 3.03. The molecule has 0 radical (unpaired) electrons. The summed E-state index contributed by atoms with van der Waals surface area (Å²) in [6.45, 7) is 0.268. The van der Waals surface area contributed by atoms with Gasteiger partial charge in [-0.3, -0.25) is 13.8 Å². The Labute approximate surface area is 150 Å². The molecule has 24 heavy (non-hydrogen) atoms. The van der Waals surface area contributed by atoms with Crippen LogP contribution in [0.25, 0.3) is 16.7 Å². The number of aromatic nitrogens is 4. The zero-order valence-electron chi connectivity index (χ0n) is 12.8.